The van der Waals surface area contributed by atoms with Crippen molar-refractivity contribution in [1.29, 1.82) is 0 Å². The van der Waals surface area contributed by atoms with Crippen molar-refractivity contribution in [3.63, 3.8) is 0 Å². The molecule has 0 atom stereocenters. The molecule has 1 heterocycles. The molecule has 100 valence electrons. The minimum Gasteiger partial charge on any atom is -0.481 e. The first kappa shape index (κ1) is 13.4. The zero-order chi connectivity index (χ0) is 14.0. The molecule has 0 spiro atoms. The smallest absolute Gasteiger partial charge is 0.303 e. The number of hydrogen-bond acceptors (Lipinski definition) is 3. The molecular formula is C12H12ClN3O3. The van der Waals surface area contributed by atoms with Gasteiger partial charge >= 0.3 is 5.97 Å². The van der Waals surface area contributed by atoms with Crippen molar-refractivity contribution in [2.45, 2.75) is 12.8 Å². The van der Waals surface area contributed by atoms with Crippen LogP contribution in [-0.4, -0.2) is 26.5 Å². The molecular weight excluding hydrogens is 270 g/mol. The average molecular weight is 282 g/mol. The normalized spacial score (nSPS) is 10.6. The first-order valence-electron chi connectivity index (χ1n) is 5.61. The molecule has 0 aliphatic rings. The number of hydrogen-bond donors (Lipinski definition) is 2. The van der Waals surface area contributed by atoms with Crippen LogP contribution in [0.15, 0.2) is 18.2 Å². The molecule has 0 bridgehead atoms. The van der Waals surface area contributed by atoms with Crippen LogP contribution in [-0.2, 0) is 16.6 Å². The number of aliphatic carboxylic acids is 1. The Morgan fingerprint density at radius 1 is 1.42 bits per heavy atom. The first-order chi connectivity index (χ1) is 8.97. The number of carboxylic acid groups (broad SMARTS) is 1. The molecule has 2 rings (SSSR count). The van der Waals surface area contributed by atoms with Crippen molar-refractivity contribution in [2.75, 3.05) is 5.32 Å². The van der Waals surface area contributed by atoms with Crippen LogP contribution >= 0.6 is 11.6 Å². The van der Waals surface area contributed by atoms with Gasteiger partial charge in [-0.3, -0.25) is 14.9 Å². The van der Waals surface area contributed by atoms with Crippen LogP contribution in [0.3, 0.4) is 0 Å². The van der Waals surface area contributed by atoms with E-state index in [4.69, 9.17) is 16.7 Å². The van der Waals surface area contributed by atoms with Crippen LogP contribution in [0.1, 0.15) is 12.8 Å². The van der Waals surface area contributed by atoms with E-state index in [1.165, 1.54) is 0 Å². The molecule has 0 saturated carbocycles. The van der Waals surface area contributed by atoms with Crippen LogP contribution in [0.25, 0.3) is 11.0 Å². The first-order valence-corrected chi connectivity index (χ1v) is 5.99. The molecule has 0 unspecified atom stereocenters. The average Bonchev–Trinajstić information content (AvgIpc) is 2.63. The SMILES string of the molecule is Cn1c(NC(=O)CCC(=O)O)nc2cc(Cl)ccc21. The fraction of sp³-hybridized carbons (Fsp3) is 0.250. The molecule has 7 heteroatoms. The van der Waals surface area contributed by atoms with E-state index in [0.29, 0.717) is 16.5 Å². The molecule has 0 fully saturated rings. The second-order valence-electron chi connectivity index (χ2n) is 4.07. The Bertz CT molecular complexity index is 651. The molecule has 6 nitrogen and oxygen atoms in total. The van der Waals surface area contributed by atoms with E-state index in [9.17, 15) is 9.59 Å². The quantitative estimate of drug-likeness (QED) is 0.898. The lowest BCUT2D eigenvalue weighted by molar-refractivity contribution is -0.138. The highest BCUT2D eigenvalue weighted by atomic mass is 35.5. The summed E-state index contributed by atoms with van der Waals surface area (Å²) in [6.07, 6.45) is -0.291. The van der Waals surface area contributed by atoms with E-state index in [-0.39, 0.29) is 18.7 Å². The Kier molecular flexibility index (Phi) is 3.71. The Labute approximate surface area is 114 Å². The molecule has 0 aliphatic carbocycles. The number of halogens is 1. The maximum atomic E-state index is 11.6. The van der Waals surface area contributed by atoms with Gasteiger partial charge in [0.25, 0.3) is 0 Å². The second-order valence-corrected chi connectivity index (χ2v) is 4.51. The lowest BCUT2D eigenvalue weighted by Gasteiger charge is -2.03. The molecule has 1 aromatic carbocycles. The minimum absolute atomic E-state index is 0.0840. The maximum absolute atomic E-state index is 11.6. The lowest BCUT2D eigenvalue weighted by Crippen LogP contribution is -2.15. The summed E-state index contributed by atoms with van der Waals surface area (Å²) in [5.74, 6) is -1.02. The summed E-state index contributed by atoms with van der Waals surface area (Å²) < 4.78 is 1.71. The number of carbonyl (C=O) groups excluding carboxylic acids is 1. The van der Waals surface area contributed by atoms with Crippen molar-refractivity contribution in [3.05, 3.63) is 23.2 Å². The van der Waals surface area contributed by atoms with Gasteiger partial charge in [0.1, 0.15) is 0 Å². The highest BCUT2D eigenvalue weighted by Crippen LogP contribution is 2.21. The Hall–Kier alpha value is -2.08. The summed E-state index contributed by atoms with van der Waals surface area (Å²) in [5, 5.41) is 11.7. The monoisotopic (exact) mass is 281 g/mol. The third-order valence-corrected chi connectivity index (χ3v) is 2.90. The molecule has 2 aromatic rings. The number of amides is 1. The number of fused-ring (bicyclic) bond motifs is 1. The summed E-state index contributed by atoms with van der Waals surface area (Å²) in [5.41, 5.74) is 1.50. The van der Waals surface area contributed by atoms with Crippen molar-refractivity contribution in [2.24, 2.45) is 7.05 Å². The fourth-order valence-electron chi connectivity index (χ4n) is 1.69. The van der Waals surface area contributed by atoms with Crippen LogP contribution in [0.2, 0.25) is 5.02 Å². The van der Waals surface area contributed by atoms with Crippen molar-refractivity contribution in [1.82, 2.24) is 9.55 Å². The number of anilines is 1. The van der Waals surface area contributed by atoms with Gasteiger partial charge in [0, 0.05) is 18.5 Å². The van der Waals surface area contributed by atoms with E-state index in [1.54, 1.807) is 29.8 Å². The van der Waals surface area contributed by atoms with Gasteiger partial charge in [-0.1, -0.05) is 11.6 Å². The van der Waals surface area contributed by atoms with Gasteiger partial charge in [0.05, 0.1) is 17.5 Å². The van der Waals surface area contributed by atoms with Gasteiger partial charge < -0.3 is 9.67 Å². The van der Waals surface area contributed by atoms with Gasteiger partial charge in [0.2, 0.25) is 11.9 Å². The predicted octanol–water partition coefficient (Wildman–Crippen LogP) is 2.03. The standard InChI is InChI=1S/C12H12ClN3O3/c1-16-9-3-2-7(13)6-8(9)14-12(16)15-10(17)4-5-11(18)19/h2-3,6H,4-5H2,1H3,(H,18,19)(H,14,15,17). The van der Waals surface area contributed by atoms with E-state index >= 15 is 0 Å². The third-order valence-electron chi connectivity index (χ3n) is 2.66. The van der Waals surface area contributed by atoms with Gasteiger partial charge in [-0.05, 0) is 18.2 Å². The Morgan fingerprint density at radius 3 is 2.84 bits per heavy atom. The molecule has 1 aromatic heterocycles. The van der Waals surface area contributed by atoms with Crippen LogP contribution in [0.4, 0.5) is 5.95 Å². The van der Waals surface area contributed by atoms with Crippen molar-refractivity contribution >= 4 is 40.5 Å². The second kappa shape index (κ2) is 5.27. The summed E-state index contributed by atoms with van der Waals surface area (Å²) >= 11 is 5.87. The topological polar surface area (TPSA) is 84.2 Å². The number of nitrogens with zero attached hydrogens (tertiary/aromatic N) is 2. The fourth-order valence-corrected chi connectivity index (χ4v) is 1.86. The van der Waals surface area contributed by atoms with Crippen LogP contribution < -0.4 is 5.32 Å². The number of rotatable bonds is 4. The number of aromatic nitrogens is 2. The van der Waals surface area contributed by atoms with Crippen LogP contribution in [0, 0.1) is 0 Å². The van der Waals surface area contributed by atoms with E-state index in [0.717, 1.165) is 5.52 Å². The number of carbonyl (C=O) groups is 2. The van der Waals surface area contributed by atoms with E-state index in [1.807, 2.05) is 0 Å². The largest absolute Gasteiger partial charge is 0.481 e. The van der Waals surface area contributed by atoms with Crippen molar-refractivity contribution in [3.8, 4) is 0 Å². The number of aryl methyl sites for hydroxylation is 1. The molecule has 0 saturated heterocycles. The Morgan fingerprint density at radius 2 is 2.16 bits per heavy atom. The molecule has 2 N–H and O–H groups in total. The zero-order valence-electron chi connectivity index (χ0n) is 10.2. The summed E-state index contributed by atoms with van der Waals surface area (Å²) in [6, 6.07) is 5.24. The van der Waals surface area contributed by atoms with Crippen LogP contribution in [0.5, 0.6) is 0 Å². The Balaban J connectivity index is 2.19. The summed E-state index contributed by atoms with van der Waals surface area (Å²) in [7, 11) is 1.76. The highest BCUT2D eigenvalue weighted by molar-refractivity contribution is 6.31. The molecule has 0 aliphatic heterocycles. The lowest BCUT2D eigenvalue weighted by atomic mass is 10.3. The van der Waals surface area contributed by atoms with Gasteiger partial charge in [-0.2, -0.15) is 0 Å². The summed E-state index contributed by atoms with van der Waals surface area (Å²) in [4.78, 5) is 26.2. The number of nitrogens with one attached hydrogen (secondary N) is 1. The van der Waals surface area contributed by atoms with E-state index in [2.05, 4.69) is 10.3 Å². The van der Waals surface area contributed by atoms with Gasteiger partial charge in [-0.15, -0.1) is 0 Å². The minimum atomic E-state index is -1.01. The third kappa shape index (κ3) is 3.03. The predicted molar refractivity (Wildman–Crippen MR) is 71.2 cm³/mol. The summed E-state index contributed by atoms with van der Waals surface area (Å²) in [6.45, 7) is 0. The van der Waals surface area contributed by atoms with Crippen molar-refractivity contribution < 1.29 is 14.7 Å². The number of imidazole rings is 1. The molecule has 1 amide bonds. The zero-order valence-corrected chi connectivity index (χ0v) is 10.9. The molecule has 19 heavy (non-hydrogen) atoms. The van der Waals surface area contributed by atoms with E-state index < -0.39 is 5.97 Å². The van der Waals surface area contributed by atoms with Gasteiger partial charge in [-0.25, -0.2) is 4.98 Å². The highest BCUT2D eigenvalue weighted by Gasteiger charge is 2.12. The van der Waals surface area contributed by atoms with Gasteiger partial charge in [0.15, 0.2) is 0 Å². The maximum Gasteiger partial charge on any atom is 0.303 e. The molecule has 0 radical (unpaired) electrons. The number of carboxylic acids is 1. The number of benzene rings is 1.